The highest BCUT2D eigenvalue weighted by molar-refractivity contribution is 6.30. The van der Waals surface area contributed by atoms with Crippen molar-refractivity contribution < 1.29 is 9.90 Å². The molecule has 0 unspecified atom stereocenters. The van der Waals surface area contributed by atoms with Crippen LogP contribution in [0.5, 0.6) is 0 Å². The molecule has 0 aliphatic carbocycles. The van der Waals surface area contributed by atoms with Crippen LogP contribution in [-0.2, 0) is 0 Å². The molecule has 3 aromatic carbocycles. The van der Waals surface area contributed by atoms with E-state index in [0.29, 0.717) is 36.0 Å². The van der Waals surface area contributed by atoms with Gasteiger partial charge < -0.3 is 20.3 Å². The number of carboxylic acid groups (broad SMARTS) is 1. The summed E-state index contributed by atoms with van der Waals surface area (Å²) in [6, 6.07) is 23.3. The Labute approximate surface area is 218 Å². The molecule has 1 aliphatic heterocycles. The molecule has 3 N–H and O–H groups in total. The van der Waals surface area contributed by atoms with Gasteiger partial charge in [0.1, 0.15) is 0 Å². The first-order valence-electron chi connectivity index (χ1n) is 11.8. The third-order valence-corrected chi connectivity index (χ3v) is 7.24. The van der Waals surface area contributed by atoms with E-state index in [1.165, 1.54) is 4.90 Å². The predicted octanol–water partition coefficient (Wildman–Crippen LogP) is 6.57. The summed E-state index contributed by atoms with van der Waals surface area (Å²) in [7, 11) is 0. The molecule has 36 heavy (non-hydrogen) atoms. The number of hydrogen-bond acceptors (Lipinski definition) is 3. The number of nitrogens with zero attached hydrogens (tertiary/aromatic N) is 1. The molecule has 1 fully saturated rings. The van der Waals surface area contributed by atoms with Gasteiger partial charge in [0.25, 0.3) is 0 Å². The second-order valence-corrected chi connectivity index (χ2v) is 9.95. The molecule has 5 rings (SSSR count). The number of benzene rings is 3. The molecule has 184 valence electrons. The molecule has 1 saturated heterocycles. The standard InChI is InChI=1S/C28H25Cl2N3O3/c29-20-6-1-17(2-7-20)27(18-3-8-21(30)9-4-18)19-5-10-24-23(15-19)25(16-26(34)32-24)31-22-11-13-33(14-12-22)28(35)36/h1-10,15-16,22,27H,11-14H2,(H,35,36)(H2,31,32,34). The Hall–Kier alpha value is -3.48. The van der Waals surface area contributed by atoms with Gasteiger partial charge in [0.05, 0.1) is 5.52 Å². The van der Waals surface area contributed by atoms with Gasteiger partial charge in [-0.15, -0.1) is 0 Å². The van der Waals surface area contributed by atoms with E-state index in [9.17, 15) is 14.7 Å². The topological polar surface area (TPSA) is 85.4 Å². The monoisotopic (exact) mass is 521 g/mol. The minimum absolute atomic E-state index is 0.0671. The first-order chi connectivity index (χ1) is 17.4. The number of rotatable bonds is 5. The summed E-state index contributed by atoms with van der Waals surface area (Å²) in [6.07, 6.45) is 0.465. The average molecular weight is 522 g/mol. The quantitative estimate of drug-likeness (QED) is 0.259. The van der Waals surface area contributed by atoms with Crippen LogP contribution in [0.3, 0.4) is 0 Å². The molecule has 1 amide bonds. The fourth-order valence-corrected chi connectivity index (χ4v) is 5.15. The molecule has 1 aliphatic rings. The molecule has 2 heterocycles. The minimum Gasteiger partial charge on any atom is -0.465 e. The zero-order chi connectivity index (χ0) is 25.2. The summed E-state index contributed by atoms with van der Waals surface area (Å²) in [5.41, 5.74) is 4.52. The molecule has 0 saturated carbocycles. The summed E-state index contributed by atoms with van der Waals surface area (Å²) in [5, 5.41) is 15.0. The van der Waals surface area contributed by atoms with E-state index in [1.54, 1.807) is 6.07 Å². The van der Waals surface area contributed by atoms with Crippen LogP contribution in [0.2, 0.25) is 10.0 Å². The van der Waals surface area contributed by atoms with Crippen LogP contribution < -0.4 is 10.9 Å². The Bertz CT molecular complexity index is 1400. The van der Waals surface area contributed by atoms with E-state index in [1.807, 2.05) is 60.7 Å². The highest BCUT2D eigenvalue weighted by Crippen LogP contribution is 2.36. The number of halogens is 2. The molecule has 6 nitrogen and oxygen atoms in total. The lowest BCUT2D eigenvalue weighted by atomic mass is 9.84. The molecule has 0 bridgehead atoms. The molecule has 8 heteroatoms. The van der Waals surface area contributed by atoms with Crippen molar-refractivity contribution in [1.29, 1.82) is 0 Å². The average Bonchev–Trinajstić information content (AvgIpc) is 2.87. The number of pyridine rings is 1. The van der Waals surface area contributed by atoms with Crippen LogP contribution in [0.15, 0.2) is 77.6 Å². The highest BCUT2D eigenvalue weighted by atomic mass is 35.5. The normalized spacial score (nSPS) is 14.4. The summed E-state index contributed by atoms with van der Waals surface area (Å²) in [4.78, 5) is 28.0. The van der Waals surface area contributed by atoms with Crippen molar-refractivity contribution in [2.75, 3.05) is 18.4 Å². The number of H-pyrrole nitrogens is 1. The summed E-state index contributed by atoms with van der Waals surface area (Å²) >= 11 is 12.3. The van der Waals surface area contributed by atoms with E-state index in [0.717, 1.165) is 33.3 Å². The van der Waals surface area contributed by atoms with E-state index < -0.39 is 6.09 Å². The Morgan fingerprint density at radius 3 is 2.00 bits per heavy atom. The van der Waals surface area contributed by atoms with Gasteiger partial charge in [0.2, 0.25) is 5.56 Å². The zero-order valence-electron chi connectivity index (χ0n) is 19.4. The lowest BCUT2D eigenvalue weighted by Crippen LogP contribution is -2.41. The zero-order valence-corrected chi connectivity index (χ0v) is 20.9. The third-order valence-electron chi connectivity index (χ3n) is 6.73. The van der Waals surface area contributed by atoms with Gasteiger partial charge in [-0.05, 0) is 65.9 Å². The van der Waals surface area contributed by atoms with Crippen molar-refractivity contribution in [2.24, 2.45) is 0 Å². The molecule has 0 atom stereocenters. The second kappa shape index (κ2) is 10.2. The Morgan fingerprint density at radius 2 is 1.44 bits per heavy atom. The van der Waals surface area contributed by atoms with Gasteiger partial charge >= 0.3 is 6.09 Å². The van der Waals surface area contributed by atoms with Gasteiger partial charge in [-0.25, -0.2) is 4.79 Å². The summed E-state index contributed by atoms with van der Waals surface area (Å²) in [6.45, 7) is 0.934. The number of hydrogen-bond donors (Lipinski definition) is 3. The van der Waals surface area contributed by atoms with E-state index >= 15 is 0 Å². The lowest BCUT2D eigenvalue weighted by molar-refractivity contribution is 0.134. The van der Waals surface area contributed by atoms with Gasteiger partial charge in [-0.2, -0.15) is 0 Å². The largest absolute Gasteiger partial charge is 0.465 e. The van der Waals surface area contributed by atoms with Gasteiger partial charge in [0.15, 0.2) is 0 Å². The van der Waals surface area contributed by atoms with Crippen LogP contribution in [0.1, 0.15) is 35.4 Å². The Morgan fingerprint density at radius 1 is 0.889 bits per heavy atom. The van der Waals surface area contributed by atoms with E-state index in [-0.39, 0.29) is 17.5 Å². The van der Waals surface area contributed by atoms with Crippen LogP contribution >= 0.6 is 23.2 Å². The Kier molecular flexibility index (Phi) is 6.90. The molecule has 1 aromatic heterocycles. The molecule has 0 radical (unpaired) electrons. The van der Waals surface area contributed by atoms with Crippen LogP contribution in [-0.4, -0.2) is 40.2 Å². The number of carbonyl (C=O) groups is 1. The third kappa shape index (κ3) is 5.20. The molecule has 0 spiro atoms. The number of piperidine rings is 1. The van der Waals surface area contributed by atoms with Crippen LogP contribution in [0.25, 0.3) is 10.9 Å². The van der Waals surface area contributed by atoms with Crippen LogP contribution in [0, 0.1) is 0 Å². The maximum absolute atomic E-state index is 12.4. The minimum atomic E-state index is -0.893. The van der Waals surface area contributed by atoms with Crippen molar-refractivity contribution in [3.8, 4) is 0 Å². The summed E-state index contributed by atoms with van der Waals surface area (Å²) < 4.78 is 0. The second-order valence-electron chi connectivity index (χ2n) is 9.08. The molecular weight excluding hydrogens is 497 g/mol. The van der Waals surface area contributed by atoms with Crippen molar-refractivity contribution in [3.05, 3.63) is 110 Å². The van der Waals surface area contributed by atoms with E-state index in [2.05, 4.69) is 16.4 Å². The number of likely N-dealkylation sites (tertiary alicyclic amines) is 1. The smallest absolute Gasteiger partial charge is 0.407 e. The SMILES string of the molecule is O=C(O)N1CCC(Nc2cc(=O)[nH]c3ccc(C(c4ccc(Cl)cc4)c4ccc(Cl)cc4)cc23)CC1. The number of amides is 1. The van der Waals surface area contributed by atoms with Gasteiger partial charge in [-0.3, -0.25) is 4.79 Å². The highest BCUT2D eigenvalue weighted by Gasteiger charge is 2.23. The molecule has 4 aromatic rings. The van der Waals surface area contributed by atoms with Crippen molar-refractivity contribution in [1.82, 2.24) is 9.88 Å². The predicted molar refractivity (Wildman–Crippen MR) is 145 cm³/mol. The van der Waals surface area contributed by atoms with Gasteiger partial charge in [0, 0.05) is 52.2 Å². The number of aromatic nitrogens is 1. The first-order valence-corrected chi connectivity index (χ1v) is 12.6. The fourth-order valence-electron chi connectivity index (χ4n) is 4.89. The van der Waals surface area contributed by atoms with Crippen molar-refractivity contribution in [3.63, 3.8) is 0 Å². The lowest BCUT2D eigenvalue weighted by Gasteiger charge is -2.31. The van der Waals surface area contributed by atoms with Gasteiger partial charge in [-0.1, -0.05) is 53.5 Å². The Balaban J connectivity index is 1.55. The van der Waals surface area contributed by atoms with Crippen molar-refractivity contribution >= 4 is 45.9 Å². The maximum atomic E-state index is 12.4. The van der Waals surface area contributed by atoms with Crippen LogP contribution in [0.4, 0.5) is 10.5 Å². The molecular formula is C28H25Cl2N3O3. The fraction of sp³-hybridized carbons (Fsp3) is 0.214. The summed E-state index contributed by atoms with van der Waals surface area (Å²) in [5.74, 6) is -0.0671. The number of fused-ring (bicyclic) bond motifs is 1. The first kappa shape index (κ1) is 24.2. The van der Waals surface area contributed by atoms with E-state index in [4.69, 9.17) is 23.2 Å². The number of anilines is 1. The van der Waals surface area contributed by atoms with Crippen molar-refractivity contribution in [2.45, 2.75) is 24.8 Å². The number of aromatic amines is 1. The maximum Gasteiger partial charge on any atom is 0.407 e. The number of nitrogens with one attached hydrogen (secondary N) is 2.